The van der Waals surface area contributed by atoms with Crippen molar-refractivity contribution in [3.63, 3.8) is 0 Å². The molecule has 0 saturated carbocycles. The Morgan fingerprint density at radius 3 is 3.29 bits per heavy atom. The molecule has 14 heavy (non-hydrogen) atoms. The van der Waals surface area contributed by atoms with Gasteiger partial charge in [0.15, 0.2) is 0 Å². The molecule has 4 heteroatoms. The second-order valence-electron chi connectivity index (χ2n) is 3.67. The van der Waals surface area contributed by atoms with Crippen LogP contribution >= 0.6 is 0 Å². The van der Waals surface area contributed by atoms with Crippen LogP contribution < -0.4 is 5.73 Å². The molecule has 0 unspecified atom stereocenters. The van der Waals surface area contributed by atoms with Crippen molar-refractivity contribution in [2.24, 2.45) is 5.73 Å². The monoisotopic (exact) mass is 195 g/mol. The summed E-state index contributed by atoms with van der Waals surface area (Å²) in [6.07, 6.45) is 5.86. The van der Waals surface area contributed by atoms with E-state index in [4.69, 9.17) is 10.5 Å². The third-order valence-electron chi connectivity index (χ3n) is 2.71. The molecule has 1 aliphatic rings. The van der Waals surface area contributed by atoms with Gasteiger partial charge in [0.2, 0.25) is 0 Å². The van der Waals surface area contributed by atoms with Gasteiger partial charge in [-0.3, -0.25) is 0 Å². The number of nitrogens with zero attached hydrogens (tertiary/aromatic N) is 2. The molecule has 0 bridgehead atoms. The predicted octanol–water partition coefficient (Wildman–Crippen LogP) is 1.08. The Balaban J connectivity index is 2.20. The molecule has 0 aliphatic carbocycles. The van der Waals surface area contributed by atoms with E-state index in [-0.39, 0.29) is 12.1 Å². The molecule has 2 N–H and O–H groups in total. The van der Waals surface area contributed by atoms with Crippen molar-refractivity contribution >= 4 is 0 Å². The summed E-state index contributed by atoms with van der Waals surface area (Å²) in [5.41, 5.74) is 6.02. The van der Waals surface area contributed by atoms with Crippen LogP contribution in [0.2, 0.25) is 0 Å². The highest BCUT2D eigenvalue weighted by molar-refractivity contribution is 5.01. The molecule has 1 aliphatic heterocycles. The van der Waals surface area contributed by atoms with Crippen molar-refractivity contribution in [2.45, 2.75) is 38.5 Å². The first-order chi connectivity index (χ1) is 6.83. The zero-order valence-corrected chi connectivity index (χ0v) is 8.52. The smallest absolute Gasteiger partial charge is 0.139 e. The second kappa shape index (κ2) is 4.11. The Labute approximate surface area is 84.1 Å². The van der Waals surface area contributed by atoms with Crippen LogP contribution in [0.5, 0.6) is 0 Å². The quantitative estimate of drug-likeness (QED) is 0.768. The SMILES string of the molecule is CCn1ccnc1[C@@H]1OCCC[C@H]1N. The molecule has 0 radical (unpaired) electrons. The minimum atomic E-state index is -0.0151. The number of nitrogens with two attached hydrogens (primary N) is 1. The lowest BCUT2D eigenvalue weighted by Crippen LogP contribution is -2.36. The van der Waals surface area contributed by atoms with Crippen molar-refractivity contribution in [1.82, 2.24) is 9.55 Å². The Bertz CT molecular complexity index is 297. The van der Waals surface area contributed by atoms with E-state index in [1.54, 1.807) is 0 Å². The van der Waals surface area contributed by atoms with E-state index in [2.05, 4.69) is 16.5 Å². The van der Waals surface area contributed by atoms with E-state index in [0.717, 1.165) is 31.8 Å². The molecule has 0 aromatic carbocycles. The molecule has 4 nitrogen and oxygen atoms in total. The molecule has 1 saturated heterocycles. The third kappa shape index (κ3) is 1.67. The standard InChI is InChI=1S/C10H17N3O/c1-2-13-6-5-12-10(13)9-8(11)4-3-7-14-9/h5-6,8-9H,2-4,7,11H2,1H3/t8-,9-/m1/s1. The number of ether oxygens (including phenoxy) is 1. The van der Waals surface area contributed by atoms with Gasteiger partial charge < -0.3 is 15.0 Å². The first-order valence-corrected chi connectivity index (χ1v) is 5.21. The first kappa shape index (κ1) is 9.68. The van der Waals surface area contributed by atoms with Crippen LogP contribution in [0.25, 0.3) is 0 Å². The van der Waals surface area contributed by atoms with Crippen LogP contribution in [0.15, 0.2) is 12.4 Å². The topological polar surface area (TPSA) is 53.1 Å². The summed E-state index contributed by atoms with van der Waals surface area (Å²) < 4.78 is 7.76. The van der Waals surface area contributed by atoms with Gasteiger partial charge in [-0.2, -0.15) is 0 Å². The van der Waals surface area contributed by atoms with Gasteiger partial charge in [0.1, 0.15) is 11.9 Å². The third-order valence-corrected chi connectivity index (χ3v) is 2.71. The lowest BCUT2D eigenvalue weighted by Gasteiger charge is -2.28. The average Bonchev–Trinajstić information content (AvgIpc) is 2.66. The highest BCUT2D eigenvalue weighted by Gasteiger charge is 2.27. The lowest BCUT2D eigenvalue weighted by atomic mass is 10.0. The average molecular weight is 195 g/mol. The summed E-state index contributed by atoms with van der Waals surface area (Å²) in [6, 6.07) is 0.0939. The number of aromatic nitrogens is 2. The van der Waals surface area contributed by atoms with Gasteiger partial charge >= 0.3 is 0 Å². The number of hydrogen-bond acceptors (Lipinski definition) is 3. The molecular formula is C10H17N3O. The summed E-state index contributed by atoms with van der Waals surface area (Å²) >= 11 is 0. The molecule has 2 rings (SSSR count). The molecule has 1 aromatic rings. The normalized spacial score (nSPS) is 27.9. The van der Waals surface area contributed by atoms with Crippen molar-refractivity contribution in [3.8, 4) is 0 Å². The van der Waals surface area contributed by atoms with Gasteiger partial charge in [-0.25, -0.2) is 4.98 Å². The summed E-state index contributed by atoms with van der Waals surface area (Å²) in [4.78, 5) is 4.32. The highest BCUT2D eigenvalue weighted by Crippen LogP contribution is 2.25. The van der Waals surface area contributed by atoms with E-state index < -0.39 is 0 Å². The van der Waals surface area contributed by atoms with Crippen LogP contribution in [0.4, 0.5) is 0 Å². The first-order valence-electron chi connectivity index (χ1n) is 5.21. The Morgan fingerprint density at radius 2 is 2.57 bits per heavy atom. The van der Waals surface area contributed by atoms with Gasteiger partial charge in [0, 0.05) is 31.6 Å². The Hall–Kier alpha value is -0.870. The lowest BCUT2D eigenvalue weighted by molar-refractivity contribution is -0.00711. The van der Waals surface area contributed by atoms with Crippen LogP contribution in [0.1, 0.15) is 31.7 Å². The highest BCUT2D eigenvalue weighted by atomic mass is 16.5. The summed E-state index contributed by atoms with van der Waals surface area (Å²) in [7, 11) is 0. The van der Waals surface area contributed by atoms with Gasteiger partial charge in [-0.1, -0.05) is 0 Å². The molecule has 0 amide bonds. The zero-order valence-electron chi connectivity index (χ0n) is 8.52. The number of aryl methyl sites for hydroxylation is 1. The van der Waals surface area contributed by atoms with E-state index in [0.29, 0.717) is 0 Å². The fraction of sp³-hybridized carbons (Fsp3) is 0.700. The Morgan fingerprint density at radius 1 is 1.71 bits per heavy atom. The minimum Gasteiger partial charge on any atom is -0.369 e. The second-order valence-corrected chi connectivity index (χ2v) is 3.67. The van der Waals surface area contributed by atoms with E-state index in [1.807, 2.05) is 12.4 Å². The number of imidazole rings is 1. The van der Waals surface area contributed by atoms with Crippen molar-refractivity contribution in [1.29, 1.82) is 0 Å². The van der Waals surface area contributed by atoms with E-state index >= 15 is 0 Å². The molecule has 1 fully saturated rings. The largest absolute Gasteiger partial charge is 0.369 e. The minimum absolute atomic E-state index is 0.0151. The number of rotatable bonds is 2. The summed E-state index contributed by atoms with van der Waals surface area (Å²) in [5, 5.41) is 0. The van der Waals surface area contributed by atoms with Crippen molar-refractivity contribution < 1.29 is 4.74 Å². The Kier molecular flexibility index (Phi) is 2.84. The molecule has 2 heterocycles. The van der Waals surface area contributed by atoms with Crippen LogP contribution in [-0.2, 0) is 11.3 Å². The maximum absolute atomic E-state index is 6.02. The molecule has 78 valence electrons. The van der Waals surface area contributed by atoms with Gasteiger partial charge in [-0.15, -0.1) is 0 Å². The molecule has 0 spiro atoms. The van der Waals surface area contributed by atoms with Crippen LogP contribution in [-0.4, -0.2) is 22.2 Å². The van der Waals surface area contributed by atoms with E-state index in [9.17, 15) is 0 Å². The summed E-state index contributed by atoms with van der Waals surface area (Å²) in [6.45, 7) is 3.82. The van der Waals surface area contributed by atoms with Gasteiger partial charge in [0.25, 0.3) is 0 Å². The maximum Gasteiger partial charge on any atom is 0.139 e. The van der Waals surface area contributed by atoms with Gasteiger partial charge in [0.05, 0.1) is 0 Å². The van der Waals surface area contributed by atoms with Gasteiger partial charge in [-0.05, 0) is 19.8 Å². The fourth-order valence-electron chi connectivity index (χ4n) is 1.92. The zero-order chi connectivity index (χ0) is 9.97. The predicted molar refractivity (Wildman–Crippen MR) is 53.8 cm³/mol. The fourth-order valence-corrected chi connectivity index (χ4v) is 1.92. The van der Waals surface area contributed by atoms with Crippen LogP contribution in [0.3, 0.4) is 0 Å². The molecule has 1 aromatic heterocycles. The molecule has 2 atom stereocenters. The van der Waals surface area contributed by atoms with Crippen molar-refractivity contribution in [2.75, 3.05) is 6.61 Å². The number of hydrogen-bond donors (Lipinski definition) is 1. The van der Waals surface area contributed by atoms with E-state index in [1.165, 1.54) is 0 Å². The summed E-state index contributed by atoms with van der Waals surface area (Å²) in [5.74, 6) is 0.972. The molecular weight excluding hydrogens is 178 g/mol. The van der Waals surface area contributed by atoms with Crippen LogP contribution in [0, 0.1) is 0 Å². The maximum atomic E-state index is 6.02. The van der Waals surface area contributed by atoms with Crippen molar-refractivity contribution in [3.05, 3.63) is 18.2 Å².